The van der Waals surface area contributed by atoms with Gasteiger partial charge in [-0.2, -0.15) is 5.10 Å². The molecule has 0 aromatic carbocycles. The summed E-state index contributed by atoms with van der Waals surface area (Å²) >= 11 is 0. The number of nitrogens with two attached hydrogens (primary N) is 1. The van der Waals surface area contributed by atoms with Crippen LogP contribution in [-0.4, -0.2) is 28.5 Å². The molecule has 2 N–H and O–H groups in total. The van der Waals surface area contributed by atoms with Gasteiger partial charge in [-0.05, 0) is 31.2 Å². The quantitative estimate of drug-likeness (QED) is 0.788. The van der Waals surface area contributed by atoms with Crippen LogP contribution in [0.2, 0.25) is 0 Å². The molecule has 0 aliphatic heterocycles. The topological polar surface area (TPSA) is 53.1 Å². The summed E-state index contributed by atoms with van der Waals surface area (Å²) in [4.78, 5) is 0. The van der Waals surface area contributed by atoms with Gasteiger partial charge in [0.15, 0.2) is 0 Å². The molecule has 1 aromatic rings. The number of rotatable bonds is 7. The third-order valence-electron chi connectivity index (χ3n) is 2.96. The van der Waals surface area contributed by atoms with Gasteiger partial charge in [0.2, 0.25) is 0 Å². The molecule has 0 aliphatic carbocycles. The van der Waals surface area contributed by atoms with E-state index in [4.69, 9.17) is 10.5 Å². The maximum atomic E-state index is 6.21. The zero-order chi connectivity index (χ0) is 12.8. The molecule has 2 unspecified atom stereocenters. The second kappa shape index (κ2) is 6.77. The van der Waals surface area contributed by atoms with Crippen molar-refractivity contribution in [2.75, 3.05) is 6.61 Å². The molecule has 17 heavy (non-hydrogen) atoms. The number of nitrogens with zero attached hydrogens (tertiary/aromatic N) is 2. The molecule has 2 atom stereocenters. The monoisotopic (exact) mass is 239 g/mol. The van der Waals surface area contributed by atoms with E-state index in [1.54, 1.807) is 0 Å². The molecule has 0 bridgehead atoms. The Morgan fingerprint density at radius 1 is 1.47 bits per heavy atom. The minimum Gasteiger partial charge on any atom is -0.377 e. The van der Waals surface area contributed by atoms with E-state index in [1.165, 1.54) is 5.56 Å². The molecule has 0 saturated heterocycles. The summed E-state index contributed by atoms with van der Waals surface area (Å²) in [5, 5.41) is 4.16. The molecule has 1 aromatic heterocycles. The van der Waals surface area contributed by atoms with E-state index in [0.29, 0.717) is 5.92 Å². The summed E-state index contributed by atoms with van der Waals surface area (Å²) in [5.41, 5.74) is 7.45. The van der Waals surface area contributed by atoms with Crippen molar-refractivity contribution in [3.8, 4) is 0 Å². The van der Waals surface area contributed by atoms with Crippen LogP contribution in [0.4, 0.5) is 0 Å². The van der Waals surface area contributed by atoms with Crippen molar-refractivity contribution in [1.82, 2.24) is 9.78 Å². The van der Waals surface area contributed by atoms with Crippen LogP contribution >= 0.6 is 0 Å². The van der Waals surface area contributed by atoms with Crippen LogP contribution in [0.5, 0.6) is 0 Å². The normalized spacial score (nSPS) is 15.2. The summed E-state index contributed by atoms with van der Waals surface area (Å²) < 4.78 is 7.54. The number of hydrogen-bond donors (Lipinski definition) is 1. The first-order valence-electron chi connectivity index (χ1n) is 6.39. The lowest BCUT2D eigenvalue weighted by Gasteiger charge is -2.27. The summed E-state index contributed by atoms with van der Waals surface area (Å²) in [6.45, 7) is 7.06. The summed E-state index contributed by atoms with van der Waals surface area (Å²) in [6.07, 6.45) is 5.99. The summed E-state index contributed by atoms with van der Waals surface area (Å²) in [6, 6.07) is 0.0927. The fraction of sp³-hybridized carbons (Fsp3) is 0.769. The molecule has 0 amide bonds. The Bertz CT molecular complexity index is 322. The van der Waals surface area contributed by atoms with Crippen molar-refractivity contribution < 1.29 is 4.74 Å². The predicted octanol–water partition coefficient (Wildman–Crippen LogP) is 1.74. The first-order valence-corrected chi connectivity index (χ1v) is 6.39. The first-order chi connectivity index (χ1) is 8.04. The molecular formula is C13H25N3O. The molecule has 4 heteroatoms. The first kappa shape index (κ1) is 14.2. The SMILES string of the molecule is CCOC(C(C)C)C(N)CCc1cnn(C)c1. The molecule has 0 saturated carbocycles. The molecule has 0 aliphatic rings. The third-order valence-corrected chi connectivity index (χ3v) is 2.96. The maximum Gasteiger partial charge on any atom is 0.0748 e. The van der Waals surface area contributed by atoms with E-state index in [-0.39, 0.29) is 12.1 Å². The van der Waals surface area contributed by atoms with E-state index < -0.39 is 0 Å². The fourth-order valence-corrected chi connectivity index (χ4v) is 2.10. The number of aromatic nitrogens is 2. The zero-order valence-electron chi connectivity index (χ0n) is 11.4. The van der Waals surface area contributed by atoms with Crippen molar-refractivity contribution in [3.63, 3.8) is 0 Å². The Morgan fingerprint density at radius 3 is 2.65 bits per heavy atom. The van der Waals surface area contributed by atoms with Crippen molar-refractivity contribution >= 4 is 0 Å². The van der Waals surface area contributed by atoms with Crippen molar-refractivity contribution in [2.24, 2.45) is 18.7 Å². The highest BCUT2D eigenvalue weighted by molar-refractivity contribution is 5.04. The molecule has 1 rings (SSSR count). The Hall–Kier alpha value is -0.870. The van der Waals surface area contributed by atoms with Gasteiger partial charge >= 0.3 is 0 Å². The molecular weight excluding hydrogens is 214 g/mol. The highest BCUT2D eigenvalue weighted by Crippen LogP contribution is 2.14. The Labute approximate surface area is 104 Å². The number of hydrogen-bond acceptors (Lipinski definition) is 3. The largest absolute Gasteiger partial charge is 0.377 e. The average molecular weight is 239 g/mol. The van der Waals surface area contributed by atoms with Gasteiger partial charge < -0.3 is 10.5 Å². The van der Waals surface area contributed by atoms with Crippen LogP contribution in [0.25, 0.3) is 0 Å². The summed E-state index contributed by atoms with van der Waals surface area (Å²) in [7, 11) is 1.93. The van der Waals surface area contributed by atoms with Crippen molar-refractivity contribution in [1.29, 1.82) is 0 Å². The second-order valence-corrected chi connectivity index (χ2v) is 4.89. The van der Waals surface area contributed by atoms with Crippen LogP contribution in [-0.2, 0) is 18.2 Å². The van der Waals surface area contributed by atoms with E-state index in [9.17, 15) is 0 Å². The smallest absolute Gasteiger partial charge is 0.0748 e. The summed E-state index contributed by atoms with van der Waals surface area (Å²) in [5.74, 6) is 0.457. The fourth-order valence-electron chi connectivity index (χ4n) is 2.10. The molecule has 0 fully saturated rings. The second-order valence-electron chi connectivity index (χ2n) is 4.89. The lowest BCUT2D eigenvalue weighted by molar-refractivity contribution is 0.0110. The molecule has 1 heterocycles. The van der Waals surface area contributed by atoms with Crippen LogP contribution in [0.1, 0.15) is 32.8 Å². The van der Waals surface area contributed by atoms with E-state index in [1.807, 2.05) is 31.0 Å². The van der Waals surface area contributed by atoms with Gasteiger partial charge in [0.05, 0.1) is 12.3 Å². The number of aryl methyl sites for hydroxylation is 2. The molecule has 98 valence electrons. The Morgan fingerprint density at radius 2 is 2.18 bits per heavy atom. The van der Waals surface area contributed by atoms with E-state index in [2.05, 4.69) is 18.9 Å². The van der Waals surface area contributed by atoms with Gasteiger partial charge in [0, 0.05) is 25.9 Å². The standard InChI is InChI=1S/C13H25N3O/c1-5-17-13(10(2)3)12(14)7-6-11-8-15-16(4)9-11/h8-10,12-13H,5-7,14H2,1-4H3. The van der Waals surface area contributed by atoms with Crippen molar-refractivity contribution in [3.05, 3.63) is 18.0 Å². The van der Waals surface area contributed by atoms with Gasteiger partial charge in [-0.3, -0.25) is 4.68 Å². The van der Waals surface area contributed by atoms with Gasteiger partial charge in [-0.15, -0.1) is 0 Å². The average Bonchev–Trinajstić information content (AvgIpc) is 2.68. The van der Waals surface area contributed by atoms with Gasteiger partial charge in [0.1, 0.15) is 0 Å². The molecule has 0 radical (unpaired) electrons. The third kappa shape index (κ3) is 4.48. The lowest BCUT2D eigenvalue weighted by Crippen LogP contribution is -2.40. The number of ether oxygens (including phenoxy) is 1. The Kier molecular flexibility index (Phi) is 5.65. The van der Waals surface area contributed by atoms with E-state index >= 15 is 0 Å². The minimum atomic E-state index is 0.0927. The molecule has 0 spiro atoms. The van der Waals surface area contributed by atoms with Gasteiger partial charge in [-0.25, -0.2) is 0 Å². The lowest BCUT2D eigenvalue weighted by atomic mass is 9.95. The highest BCUT2D eigenvalue weighted by atomic mass is 16.5. The Balaban J connectivity index is 2.44. The van der Waals surface area contributed by atoms with Gasteiger partial charge in [-0.1, -0.05) is 13.8 Å². The van der Waals surface area contributed by atoms with Crippen LogP contribution < -0.4 is 5.73 Å². The van der Waals surface area contributed by atoms with Crippen LogP contribution in [0, 0.1) is 5.92 Å². The van der Waals surface area contributed by atoms with Crippen LogP contribution in [0.3, 0.4) is 0 Å². The van der Waals surface area contributed by atoms with E-state index in [0.717, 1.165) is 19.4 Å². The maximum absolute atomic E-state index is 6.21. The predicted molar refractivity (Wildman–Crippen MR) is 69.8 cm³/mol. The highest BCUT2D eigenvalue weighted by Gasteiger charge is 2.21. The van der Waals surface area contributed by atoms with Crippen LogP contribution in [0.15, 0.2) is 12.4 Å². The minimum absolute atomic E-state index is 0.0927. The van der Waals surface area contributed by atoms with Crippen molar-refractivity contribution in [2.45, 2.75) is 45.8 Å². The van der Waals surface area contributed by atoms with Gasteiger partial charge in [0.25, 0.3) is 0 Å². The molecule has 4 nitrogen and oxygen atoms in total. The zero-order valence-corrected chi connectivity index (χ0v) is 11.4.